The first kappa shape index (κ1) is 22.4. The number of nitrogens with zero attached hydrogens (tertiary/aromatic N) is 1. The van der Waals surface area contributed by atoms with Gasteiger partial charge in [0.15, 0.2) is 0 Å². The van der Waals surface area contributed by atoms with Crippen molar-refractivity contribution >= 4 is 9.39 Å². The molecule has 0 saturated heterocycles. The molecular formula is C23H28F2NO4P. The van der Waals surface area contributed by atoms with Crippen LogP contribution < -0.4 is 9.47 Å². The van der Waals surface area contributed by atoms with Crippen molar-refractivity contribution in [3.05, 3.63) is 59.2 Å². The fourth-order valence-electron chi connectivity index (χ4n) is 4.26. The first-order valence-corrected chi connectivity index (χ1v) is 11.0. The van der Waals surface area contributed by atoms with Crippen LogP contribution in [0.4, 0.5) is 8.78 Å². The Bertz CT molecular complexity index is 946. The fraction of sp³-hybridized carbons (Fsp3) is 0.478. The third kappa shape index (κ3) is 5.01. The van der Waals surface area contributed by atoms with Crippen LogP contribution in [0.5, 0.6) is 11.5 Å². The Morgan fingerprint density at radius 2 is 1.71 bits per heavy atom. The van der Waals surface area contributed by atoms with E-state index in [1.54, 1.807) is 16.8 Å². The molecule has 2 N–H and O–H groups in total. The van der Waals surface area contributed by atoms with Gasteiger partial charge in [0.1, 0.15) is 47.0 Å². The molecule has 31 heavy (non-hydrogen) atoms. The fourth-order valence-corrected chi connectivity index (χ4v) is 4.68. The van der Waals surface area contributed by atoms with Gasteiger partial charge in [0, 0.05) is 13.1 Å². The summed E-state index contributed by atoms with van der Waals surface area (Å²) in [6, 6.07) is 8.83. The maximum absolute atomic E-state index is 13.4. The lowest BCUT2D eigenvalue weighted by molar-refractivity contribution is -0.0639. The van der Waals surface area contributed by atoms with E-state index in [2.05, 4.69) is 9.39 Å². The smallest absolute Gasteiger partial charge is 0.134 e. The number of aliphatic hydroxyl groups excluding tert-OH is 2. The van der Waals surface area contributed by atoms with Crippen LogP contribution in [-0.4, -0.2) is 51.9 Å². The van der Waals surface area contributed by atoms with Crippen LogP contribution in [0, 0.1) is 11.6 Å². The summed E-state index contributed by atoms with van der Waals surface area (Å²) in [5.41, 5.74) is 0.802. The van der Waals surface area contributed by atoms with Gasteiger partial charge in [-0.1, -0.05) is 9.39 Å². The predicted molar refractivity (Wildman–Crippen MR) is 116 cm³/mol. The highest BCUT2D eigenvalue weighted by Crippen LogP contribution is 2.36. The quantitative estimate of drug-likeness (QED) is 0.661. The van der Waals surface area contributed by atoms with Crippen molar-refractivity contribution in [3.8, 4) is 11.5 Å². The van der Waals surface area contributed by atoms with Gasteiger partial charge < -0.3 is 19.7 Å². The van der Waals surface area contributed by atoms with Crippen LogP contribution in [0.1, 0.15) is 30.9 Å². The van der Waals surface area contributed by atoms with Crippen molar-refractivity contribution in [1.82, 2.24) is 4.67 Å². The van der Waals surface area contributed by atoms with E-state index in [1.165, 1.54) is 24.3 Å². The zero-order valence-corrected chi connectivity index (χ0v) is 18.6. The van der Waals surface area contributed by atoms with Crippen molar-refractivity contribution in [1.29, 1.82) is 0 Å². The molecule has 5 nitrogen and oxygen atoms in total. The van der Waals surface area contributed by atoms with Crippen LogP contribution in [-0.2, 0) is 12.8 Å². The lowest BCUT2D eigenvalue weighted by Crippen LogP contribution is -2.52. The Morgan fingerprint density at radius 3 is 2.42 bits per heavy atom. The molecule has 0 fully saturated rings. The van der Waals surface area contributed by atoms with Gasteiger partial charge in [-0.25, -0.2) is 8.78 Å². The number of aryl methyl sites for hydroxylation is 2. The molecular weight excluding hydrogens is 423 g/mol. The molecule has 0 radical (unpaired) electrons. The van der Waals surface area contributed by atoms with Gasteiger partial charge in [-0.3, -0.25) is 4.67 Å². The van der Waals surface area contributed by atoms with E-state index in [0.717, 1.165) is 11.1 Å². The summed E-state index contributed by atoms with van der Waals surface area (Å²) >= 11 is 0. The third-order valence-corrected chi connectivity index (χ3v) is 6.64. The molecule has 0 aromatic heterocycles. The summed E-state index contributed by atoms with van der Waals surface area (Å²) in [6.07, 6.45) is 0.424. The Balaban J connectivity index is 1.32. The van der Waals surface area contributed by atoms with E-state index in [-0.39, 0.29) is 24.7 Å². The average Bonchev–Trinajstić information content (AvgIpc) is 2.73. The molecule has 5 unspecified atom stereocenters. The summed E-state index contributed by atoms with van der Waals surface area (Å²) < 4.78 is 40.5. The molecule has 0 aliphatic carbocycles. The lowest BCUT2D eigenvalue weighted by Gasteiger charge is -2.40. The highest BCUT2D eigenvalue weighted by atomic mass is 31.0. The average molecular weight is 451 g/mol. The molecule has 168 valence electrons. The molecule has 0 bridgehead atoms. The van der Waals surface area contributed by atoms with E-state index in [0.29, 0.717) is 37.2 Å². The molecule has 2 aliphatic heterocycles. The number of rotatable bonds is 6. The number of aliphatic hydroxyl groups is 2. The highest BCUT2D eigenvalue weighted by molar-refractivity contribution is 7.13. The van der Waals surface area contributed by atoms with Crippen LogP contribution in [0.2, 0.25) is 0 Å². The van der Waals surface area contributed by atoms with Crippen molar-refractivity contribution in [2.24, 2.45) is 0 Å². The summed E-state index contributed by atoms with van der Waals surface area (Å²) in [7, 11) is 2.54. The normalized spacial score (nSPS) is 24.5. The monoisotopic (exact) mass is 451 g/mol. The van der Waals surface area contributed by atoms with Gasteiger partial charge in [-0.05, 0) is 80.1 Å². The molecule has 2 aromatic carbocycles. The second-order valence-electron chi connectivity index (χ2n) is 8.65. The van der Waals surface area contributed by atoms with Crippen LogP contribution >= 0.6 is 9.39 Å². The number of hydrogen-bond acceptors (Lipinski definition) is 5. The summed E-state index contributed by atoms with van der Waals surface area (Å²) in [5.74, 6) is 0.604. The SMILES string of the molecule is CC1(C(O)CN(P)CC(O)C2CCc3cc(F)ccc3O2)CCc2cc(F)ccc2O1. The molecule has 8 heteroatoms. The molecule has 2 aliphatic rings. The van der Waals surface area contributed by atoms with Crippen LogP contribution in [0.15, 0.2) is 36.4 Å². The standard InChI is InChI=1S/C23H28F2NO4P/c1-23(9-8-15-11-17(25)4-7-20(15)30-23)22(28)13-26(31)12-18(27)21-5-2-14-10-16(24)3-6-19(14)29-21/h3-4,6-7,10-11,18,21-22,27-28H,2,5,8-9,12-13,31H2,1H3. The molecule has 0 saturated carbocycles. The first-order valence-electron chi connectivity index (χ1n) is 10.5. The lowest BCUT2D eigenvalue weighted by atomic mass is 9.87. The third-order valence-electron chi connectivity index (χ3n) is 6.22. The second kappa shape index (κ2) is 8.99. The second-order valence-corrected chi connectivity index (χ2v) is 9.38. The van der Waals surface area contributed by atoms with Crippen molar-refractivity contribution in [2.75, 3.05) is 13.1 Å². The summed E-state index contributed by atoms with van der Waals surface area (Å²) in [6.45, 7) is 2.39. The maximum atomic E-state index is 13.4. The topological polar surface area (TPSA) is 62.2 Å². The van der Waals surface area contributed by atoms with E-state index in [4.69, 9.17) is 9.47 Å². The van der Waals surface area contributed by atoms with Crippen molar-refractivity contribution < 1.29 is 28.5 Å². The zero-order chi connectivity index (χ0) is 22.2. The highest BCUT2D eigenvalue weighted by Gasteiger charge is 2.39. The van der Waals surface area contributed by atoms with Gasteiger partial charge in [0.05, 0.1) is 0 Å². The number of ether oxygens (including phenoxy) is 2. The first-order chi connectivity index (χ1) is 14.7. The van der Waals surface area contributed by atoms with Crippen molar-refractivity contribution in [2.45, 2.75) is 56.5 Å². The summed E-state index contributed by atoms with van der Waals surface area (Å²) in [4.78, 5) is 0. The minimum atomic E-state index is -0.814. The maximum Gasteiger partial charge on any atom is 0.134 e. The Kier molecular flexibility index (Phi) is 6.50. The number of benzene rings is 2. The Labute approximate surface area is 183 Å². The van der Waals surface area contributed by atoms with E-state index in [9.17, 15) is 19.0 Å². The number of hydrogen-bond donors (Lipinski definition) is 2. The van der Waals surface area contributed by atoms with Gasteiger partial charge in [-0.15, -0.1) is 0 Å². The molecule has 0 spiro atoms. The molecule has 2 heterocycles. The molecule has 0 amide bonds. The largest absolute Gasteiger partial charge is 0.487 e. The van der Waals surface area contributed by atoms with E-state index in [1.807, 2.05) is 6.92 Å². The summed E-state index contributed by atoms with van der Waals surface area (Å²) in [5, 5.41) is 21.5. The van der Waals surface area contributed by atoms with E-state index < -0.39 is 23.9 Å². The zero-order valence-electron chi connectivity index (χ0n) is 17.4. The molecule has 4 rings (SSSR count). The van der Waals surface area contributed by atoms with Gasteiger partial charge in [-0.2, -0.15) is 0 Å². The number of halogens is 2. The van der Waals surface area contributed by atoms with Crippen LogP contribution in [0.3, 0.4) is 0 Å². The van der Waals surface area contributed by atoms with Gasteiger partial charge in [0.25, 0.3) is 0 Å². The molecule has 2 aromatic rings. The molecule has 5 atom stereocenters. The Hall–Kier alpha value is -1.79. The number of fused-ring (bicyclic) bond motifs is 2. The van der Waals surface area contributed by atoms with Gasteiger partial charge in [0.2, 0.25) is 0 Å². The van der Waals surface area contributed by atoms with Crippen LogP contribution in [0.25, 0.3) is 0 Å². The minimum Gasteiger partial charge on any atom is -0.487 e. The van der Waals surface area contributed by atoms with Crippen molar-refractivity contribution in [3.63, 3.8) is 0 Å². The Morgan fingerprint density at radius 1 is 1.06 bits per heavy atom. The van der Waals surface area contributed by atoms with E-state index >= 15 is 0 Å². The minimum absolute atomic E-state index is 0.267. The van der Waals surface area contributed by atoms with Gasteiger partial charge >= 0.3 is 0 Å². The predicted octanol–water partition coefficient (Wildman–Crippen LogP) is 3.26.